The van der Waals surface area contributed by atoms with Gasteiger partial charge in [0, 0.05) is 60.5 Å². The second-order valence-electron chi connectivity index (χ2n) is 9.29. The van der Waals surface area contributed by atoms with Gasteiger partial charge < -0.3 is 19.3 Å². The standard InChI is InChI=1S/C26H26ClF2N5O4S/c1-39-15-32(12-16-2-4-18(27)5-3-16)24(35)22-9-23(21(11-30-22)17-10-31-34(13-17)25(28)29)38-20-6-7-33-19(8-20)14-37-26(33)36/h2-5,9-11,13,19-20,25H,6-8,12,14-15H2,1H3/t19-,20-/m0/s1. The van der Waals surface area contributed by atoms with Crippen LogP contribution in [0, 0.1) is 0 Å². The van der Waals surface area contributed by atoms with Crippen molar-refractivity contribution in [1.29, 1.82) is 0 Å². The number of hydrogen-bond acceptors (Lipinski definition) is 7. The number of nitrogens with zero attached hydrogens (tertiary/aromatic N) is 5. The monoisotopic (exact) mass is 577 g/mol. The molecule has 5 rings (SSSR count). The molecule has 0 saturated carbocycles. The maximum atomic E-state index is 13.6. The number of carbonyl (C=O) groups is 2. The van der Waals surface area contributed by atoms with Gasteiger partial charge in [-0.15, -0.1) is 11.8 Å². The van der Waals surface area contributed by atoms with E-state index in [0.717, 1.165) is 5.56 Å². The Bertz CT molecular complexity index is 1340. The van der Waals surface area contributed by atoms with Gasteiger partial charge in [-0.25, -0.2) is 9.48 Å². The van der Waals surface area contributed by atoms with E-state index >= 15 is 0 Å². The van der Waals surface area contributed by atoms with Crippen LogP contribution in [-0.2, 0) is 11.3 Å². The van der Waals surface area contributed by atoms with Crippen LogP contribution in [0.5, 0.6) is 5.75 Å². The Morgan fingerprint density at radius 2 is 2.10 bits per heavy atom. The predicted octanol–water partition coefficient (Wildman–Crippen LogP) is 5.32. The molecule has 0 unspecified atom stereocenters. The zero-order chi connectivity index (χ0) is 27.5. The van der Waals surface area contributed by atoms with E-state index < -0.39 is 6.55 Å². The van der Waals surface area contributed by atoms with Crippen molar-refractivity contribution in [2.24, 2.45) is 0 Å². The molecule has 2 aromatic heterocycles. The van der Waals surface area contributed by atoms with Crippen molar-refractivity contribution in [2.45, 2.75) is 38.1 Å². The summed E-state index contributed by atoms with van der Waals surface area (Å²) in [5.74, 6) is 0.459. The minimum absolute atomic E-state index is 0.0966. The highest BCUT2D eigenvalue weighted by molar-refractivity contribution is 7.98. The zero-order valence-corrected chi connectivity index (χ0v) is 22.6. The van der Waals surface area contributed by atoms with Gasteiger partial charge >= 0.3 is 12.6 Å². The number of benzene rings is 1. The van der Waals surface area contributed by atoms with Gasteiger partial charge in [0.1, 0.15) is 24.2 Å². The lowest BCUT2D eigenvalue weighted by molar-refractivity contribution is 0.0566. The normalized spacial score (nSPS) is 18.7. The maximum Gasteiger partial charge on any atom is 0.410 e. The molecule has 2 saturated heterocycles. The Hall–Kier alpha value is -3.38. The number of alkyl halides is 2. The van der Waals surface area contributed by atoms with Crippen LogP contribution in [0.1, 0.15) is 35.4 Å². The van der Waals surface area contributed by atoms with Crippen molar-refractivity contribution >= 4 is 35.4 Å². The molecule has 4 heterocycles. The van der Waals surface area contributed by atoms with E-state index in [0.29, 0.717) is 65.0 Å². The third-order valence-corrected chi connectivity index (χ3v) is 7.47. The number of cyclic esters (lactones) is 1. The second-order valence-corrected chi connectivity index (χ2v) is 10.6. The summed E-state index contributed by atoms with van der Waals surface area (Å²) in [6.07, 6.45) is 6.37. The van der Waals surface area contributed by atoms with Crippen LogP contribution >= 0.6 is 23.4 Å². The van der Waals surface area contributed by atoms with Crippen LogP contribution in [0.15, 0.2) is 48.9 Å². The van der Waals surface area contributed by atoms with E-state index in [2.05, 4.69) is 10.1 Å². The average Bonchev–Trinajstić information content (AvgIpc) is 3.56. The van der Waals surface area contributed by atoms with Crippen LogP contribution in [-0.4, -0.2) is 74.0 Å². The molecule has 2 amide bonds. The van der Waals surface area contributed by atoms with Crippen molar-refractivity contribution in [3.63, 3.8) is 0 Å². The largest absolute Gasteiger partial charge is 0.489 e. The fraction of sp³-hybridized carbons (Fsp3) is 0.385. The van der Waals surface area contributed by atoms with E-state index in [1.54, 1.807) is 28.0 Å². The molecule has 0 radical (unpaired) electrons. The summed E-state index contributed by atoms with van der Waals surface area (Å²) >= 11 is 7.50. The number of thioether (sulfide) groups is 1. The smallest absolute Gasteiger partial charge is 0.410 e. The molecule has 0 N–H and O–H groups in total. The summed E-state index contributed by atoms with van der Waals surface area (Å²) < 4.78 is 38.5. The highest BCUT2D eigenvalue weighted by Gasteiger charge is 2.39. The Labute approximate surface area is 233 Å². The quantitative estimate of drug-likeness (QED) is 0.318. The van der Waals surface area contributed by atoms with Crippen LogP contribution in [0.3, 0.4) is 0 Å². The third-order valence-electron chi connectivity index (χ3n) is 6.65. The average molecular weight is 578 g/mol. The number of fused-ring (bicyclic) bond motifs is 1. The molecule has 1 aromatic carbocycles. The first-order valence-electron chi connectivity index (χ1n) is 12.3. The van der Waals surface area contributed by atoms with Gasteiger partial charge in [-0.2, -0.15) is 13.9 Å². The summed E-state index contributed by atoms with van der Waals surface area (Å²) in [5.41, 5.74) is 1.90. The van der Waals surface area contributed by atoms with Gasteiger partial charge in [0.05, 0.1) is 18.1 Å². The Kier molecular flexibility index (Phi) is 8.22. The number of halogens is 3. The lowest BCUT2D eigenvalue weighted by atomic mass is 10.0. The lowest BCUT2D eigenvalue weighted by Gasteiger charge is -2.33. The van der Waals surface area contributed by atoms with Gasteiger partial charge in [0.15, 0.2) is 0 Å². The molecule has 206 valence electrons. The molecule has 2 fully saturated rings. The molecule has 13 heteroatoms. The van der Waals surface area contributed by atoms with Crippen LogP contribution < -0.4 is 4.74 Å². The maximum absolute atomic E-state index is 13.6. The Morgan fingerprint density at radius 1 is 1.31 bits per heavy atom. The summed E-state index contributed by atoms with van der Waals surface area (Å²) in [6, 6.07) is 8.71. The molecule has 2 atom stereocenters. The summed E-state index contributed by atoms with van der Waals surface area (Å²) in [4.78, 5) is 33.2. The highest BCUT2D eigenvalue weighted by atomic mass is 35.5. The minimum atomic E-state index is -2.80. The third kappa shape index (κ3) is 6.11. The van der Waals surface area contributed by atoms with Gasteiger partial charge in [0.2, 0.25) is 0 Å². The van der Waals surface area contributed by atoms with Gasteiger partial charge in [-0.1, -0.05) is 23.7 Å². The molecule has 3 aromatic rings. The SMILES string of the molecule is CSCN(Cc1ccc(Cl)cc1)C(=O)c1cc(O[C@H]2CCN3C(=O)OC[C@@H]3C2)c(-c2cnn(C(F)F)c2)cn1. The van der Waals surface area contributed by atoms with Crippen molar-refractivity contribution < 1.29 is 27.8 Å². The molecule has 2 aliphatic heterocycles. The molecule has 39 heavy (non-hydrogen) atoms. The number of piperidine rings is 1. The number of hydrogen-bond donors (Lipinski definition) is 0. The topological polar surface area (TPSA) is 89.8 Å². The number of pyridine rings is 1. The van der Waals surface area contributed by atoms with Crippen molar-refractivity contribution in [2.75, 3.05) is 25.3 Å². The summed E-state index contributed by atoms with van der Waals surface area (Å²) in [7, 11) is 0. The molecule has 0 spiro atoms. The Morgan fingerprint density at radius 3 is 2.82 bits per heavy atom. The first-order chi connectivity index (χ1) is 18.8. The zero-order valence-electron chi connectivity index (χ0n) is 21.0. The fourth-order valence-corrected chi connectivity index (χ4v) is 5.35. The summed E-state index contributed by atoms with van der Waals surface area (Å²) in [6.45, 7) is -1.67. The molecule has 0 aliphatic carbocycles. The van der Waals surface area contributed by atoms with Crippen LogP contribution in [0.2, 0.25) is 5.02 Å². The highest BCUT2D eigenvalue weighted by Crippen LogP contribution is 2.34. The molecular weight excluding hydrogens is 552 g/mol. The predicted molar refractivity (Wildman–Crippen MR) is 142 cm³/mol. The number of aromatic nitrogens is 3. The van der Waals surface area contributed by atoms with Gasteiger partial charge in [0.25, 0.3) is 5.91 Å². The second kappa shape index (κ2) is 11.8. The van der Waals surface area contributed by atoms with Gasteiger partial charge in [-0.3, -0.25) is 9.78 Å². The van der Waals surface area contributed by atoms with Gasteiger partial charge in [-0.05, 0) is 24.0 Å². The van der Waals surface area contributed by atoms with E-state index in [-0.39, 0.29) is 29.8 Å². The first kappa shape index (κ1) is 27.2. The minimum Gasteiger partial charge on any atom is -0.489 e. The molecule has 0 bridgehead atoms. The van der Waals surface area contributed by atoms with E-state index in [9.17, 15) is 18.4 Å². The van der Waals surface area contributed by atoms with Crippen molar-refractivity contribution in [1.82, 2.24) is 24.6 Å². The first-order valence-corrected chi connectivity index (χ1v) is 14.0. The van der Waals surface area contributed by atoms with E-state index in [1.807, 2.05) is 18.4 Å². The molecule has 9 nitrogen and oxygen atoms in total. The van der Waals surface area contributed by atoms with Crippen LogP contribution in [0.25, 0.3) is 11.1 Å². The van der Waals surface area contributed by atoms with Crippen LogP contribution in [0.4, 0.5) is 13.6 Å². The Balaban J connectivity index is 1.43. The fourth-order valence-electron chi connectivity index (χ4n) is 4.71. The lowest BCUT2D eigenvalue weighted by Crippen LogP contribution is -2.44. The number of carbonyl (C=O) groups excluding carboxylic acids is 2. The number of ether oxygens (including phenoxy) is 2. The number of rotatable bonds is 9. The molecular formula is C26H26ClF2N5O4S. The van der Waals surface area contributed by atoms with Crippen molar-refractivity contribution in [3.05, 3.63) is 65.2 Å². The van der Waals surface area contributed by atoms with Crippen molar-refractivity contribution in [3.8, 4) is 16.9 Å². The number of amides is 2. The van der Waals surface area contributed by atoms with E-state index in [4.69, 9.17) is 21.1 Å². The van der Waals surface area contributed by atoms with E-state index in [1.165, 1.54) is 30.4 Å². The molecule has 2 aliphatic rings. The summed E-state index contributed by atoms with van der Waals surface area (Å²) in [5, 5.41) is 4.34.